The van der Waals surface area contributed by atoms with E-state index in [1.54, 1.807) is 35.8 Å². The number of anilines is 1. The molecule has 1 amide bonds. The Balaban J connectivity index is 1.62. The van der Waals surface area contributed by atoms with Crippen LogP contribution in [-0.4, -0.2) is 31.6 Å². The molecule has 29 heavy (non-hydrogen) atoms. The minimum Gasteiger partial charge on any atom is -0.360 e. The van der Waals surface area contributed by atoms with E-state index in [4.69, 9.17) is 4.52 Å². The molecule has 0 radical (unpaired) electrons. The zero-order valence-corrected chi connectivity index (χ0v) is 16.2. The maximum atomic E-state index is 14.4. The summed E-state index contributed by atoms with van der Waals surface area (Å²) in [6, 6.07) is 17.4. The van der Waals surface area contributed by atoms with Gasteiger partial charge in [0.1, 0.15) is 11.6 Å². The van der Waals surface area contributed by atoms with Crippen molar-refractivity contribution < 1.29 is 13.7 Å². The van der Waals surface area contributed by atoms with Gasteiger partial charge >= 0.3 is 0 Å². The molecule has 2 heterocycles. The molecule has 0 bridgehead atoms. The molecule has 0 saturated carbocycles. The number of benzene rings is 2. The second-order valence-corrected chi connectivity index (χ2v) is 7.06. The molecule has 146 valence electrons. The molecule has 0 aliphatic heterocycles. The number of hydrogen-bond acceptors (Lipinski definition) is 6. The first-order chi connectivity index (χ1) is 14.1. The minimum absolute atomic E-state index is 0.0775. The van der Waals surface area contributed by atoms with Crippen molar-refractivity contribution in [3.05, 3.63) is 72.2 Å². The Hall–Kier alpha value is -3.46. The first-order valence-corrected chi connectivity index (χ1v) is 9.72. The van der Waals surface area contributed by atoms with Crippen LogP contribution in [0.2, 0.25) is 0 Å². The van der Waals surface area contributed by atoms with E-state index in [1.807, 2.05) is 30.3 Å². The van der Waals surface area contributed by atoms with Crippen LogP contribution < -0.4 is 5.32 Å². The van der Waals surface area contributed by atoms with Gasteiger partial charge in [0.15, 0.2) is 16.8 Å². The topological polar surface area (TPSA) is 85.8 Å². The number of rotatable bonds is 6. The van der Waals surface area contributed by atoms with E-state index in [2.05, 4.69) is 20.7 Å². The van der Waals surface area contributed by atoms with Gasteiger partial charge in [-0.25, -0.2) is 4.39 Å². The van der Waals surface area contributed by atoms with Crippen molar-refractivity contribution in [1.29, 1.82) is 0 Å². The van der Waals surface area contributed by atoms with Gasteiger partial charge in [0.25, 0.3) is 0 Å². The standard InChI is InChI=1S/C20H16FN5O2S/c1-13-11-17(25-28-13)22-18(27)12-29-20-24-23-19(15-9-5-6-10-16(15)21)26(20)14-7-3-2-4-8-14/h2-11H,12H2,1H3,(H,22,25,27). The van der Waals surface area contributed by atoms with Crippen LogP contribution in [0.3, 0.4) is 0 Å². The second kappa shape index (κ2) is 8.27. The average molecular weight is 409 g/mol. The summed E-state index contributed by atoms with van der Waals surface area (Å²) in [5, 5.41) is 15.2. The van der Waals surface area contributed by atoms with Crippen molar-refractivity contribution in [3.8, 4) is 17.1 Å². The molecule has 2 aromatic heterocycles. The van der Waals surface area contributed by atoms with Crippen LogP contribution in [0.25, 0.3) is 17.1 Å². The van der Waals surface area contributed by atoms with Crippen molar-refractivity contribution in [2.75, 3.05) is 11.1 Å². The molecule has 0 aliphatic carbocycles. The summed E-state index contributed by atoms with van der Waals surface area (Å²) in [5.41, 5.74) is 1.10. The first-order valence-electron chi connectivity index (χ1n) is 8.73. The summed E-state index contributed by atoms with van der Waals surface area (Å²) in [6.07, 6.45) is 0. The lowest BCUT2D eigenvalue weighted by Gasteiger charge is -2.10. The summed E-state index contributed by atoms with van der Waals surface area (Å²) < 4.78 is 21.0. The van der Waals surface area contributed by atoms with E-state index in [-0.39, 0.29) is 11.7 Å². The molecular weight excluding hydrogens is 393 g/mol. The van der Waals surface area contributed by atoms with Crippen LogP contribution in [0.15, 0.2) is 70.3 Å². The maximum Gasteiger partial charge on any atom is 0.236 e. The summed E-state index contributed by atoms with van der Waals surface area (Å²) in [6.45, 7) is 1.74. The van der Waals surface area contributed by atoms with E-state index in [0.29, 0.717) is 28.1 Å². The average Bonchev–Trinajstić information content (AvgIpc) is 3.33. The zero-order chi connectivity index (χ0) is 20.2. The van der Waals surface area contributed by atoms with Crippen LogP contribution in [0.1, 0.15) is 5.76 Å². The Labute approximate surface area is 169 Å². The molecule has 4 aromatic rings. The minimum atomic E-state index is -0.396. The normalized spacial score (nSPS) is 10.8. The van der Waals surface area contributed by atoms with Crippen LogP contribution in [0.4, 0.5) is 10.2 Å². The molecule has 4 rings (SSSR count). The number of halogens is 1. The molecule has 0 saturated heterocycles. The Morgan fingerprint density at radius 1 is 1.14 bits per heavy atom. The number of carbonyl (C=O) groups excluding carboxylic acids is 1. The molecule has 2 aromatic carbocycles. The Morgan fingerprint density at radius 2 is 1.90 bits per heavy atom. The van der Waals surface area contributed by atoms with Gasteiger partial charge in [-0.3, -0.25) is 9.36 Å². The quantitative estimate of drug-likeness (QED) is 0.483. The SMILES string of the molecule is Cc1cc(NC(=O)CSc2nnc(-c3ccccc3F)n2-c2ccccc2)no1. The third kappa shape index (κ3) is 4.19. The number of aryl methyl sites for hydroxylation is 1. The van der Waals surface area contributed by atoms with Crippen molar-refractivity contribution in [3.63, 3.8) is 0 Å². The highest BCUT2D eigenvalue weighted by molar-refractivity contribution is 7.99. The fraction of sp³-hybridized carbons (Fsp3) is 0.100. The number of nitrogens with one attached hydrogen (secondary N) is 1. The molecule has 1 N–H and O–H groups in total. The number of aromatic nitrogens is 4. The summed E-state index contributed by atoms with van der Waals surface area (Å²) in [5.74, 6) is 0.736. The highest BCUT2D eigenvalue weighted by atomic mass is 32.2. The first kappa shape index (κ1) is 18.9. The summed E-state index contributed by atoms with van der Waals surface area (Å²) in [7, 11) is 0. The van der Waals surface area contributed by atoms with Crippen LogP contribution >= 0.6 is 11.8 Å². The lowest BCUT2D eigenvalue weighted by Crippen LogP contribution is -2.14. The number of thioether (sulfide) groups is 1. The number of para-hydroxylation sites is 1. The van der Waals surface area contributed by atoms with E-state index >= 15 is 0 Å². The lowest BCUT2D eigenvalue weighted by atomic mass is 10.2. The third-order valence-corrected chi connectivity index (χ3v) is 4.92. The van der Waals surface area contributed by atoms with Gasteiger partial charge in [-0.1, -0.05) is 47.3 Å². The number of carbonyl (C=O) groups is 1. The lowest BCUT2D eigenvalue weighted by molar-refractivity contribution is -0.113. The molecule has 0 aliphatic rings. The Bertz CT molecular complexity index is 1140. The molecule has 7 nitrogen and oxygen atoms in total. The Kier molecular flexibility index (Phi) is 5.39. The zero-order valence-electron chi connectivity index (χ0n) is 15.4. The molecular formula is C20H16FN5O2S. The van der Waals surface area contributed by atoms with E-state index in [1.165, 1.54) is 17.8 Å². The van der Waals surface area contributed by atoms with Gasteiger partial charge in [-0.05, 0) is 31.2 Å². The van der Waals surface area contributed by atoms with Gasteiger partial charge in [0.2, 0.25) is 5.91 Å². The van der Waals surface area contributed by atoms with Gasteiger partial charge in [-0.15, -0.1) is 10.2 Å². The van der Waals surface area contributed by atoms with Crippen molar-refractivity contribution in [2.24, 2.45) is 0 Å². The molecule has 0 unspecified atom stereocenters. The van der Waals surface area contributed by atoms with E-state index in [0.717, 1.165) is 5.69 Å². The monoisotopic (exact) mass is 409 g/mol. The van der Waals surface area contributed by atoms with Crippen molar-refractivity contribution in [2.45, 2.75) is 12.1 Å². The molecule has 0 atom stereocenters. The number of hydrogen-bond donors (Lipinski definition) is 1. The van der Waals surface area contributed by atoms with E-state index < -0.39 is 5.82 Å². The van der Waals surface area contributed by atoms with Crippen LogP contribution in [0, 0.1) is 12.7 Å². The van der Waals surface area contributed by atoms with E-state index in [9.17, 15) is 9.18 Å². The molecule has 9 heteroatoms. The van der Waals surface area contributed by atoms with Gasteiger partial charge < -0.3 is 9.84 Å². The smallest absolute Gasteiger partial charge is 0.236 e. The molecule has 0 spiro atoms. The van der Waals surface area contributed by atoms with Crippen LogP contribution in [0.5, 0.6) is 0 Å². The fourth-order valence-electron chi connectivity index (χ4n) is 2.72. The third-order valence-electron chi connectivity index (χ3n) is 3.99. The highest BCUT2D eigenvalue weighted by Gasteiger charge is 2.19. The highest BCUT2D eigenvalue weighted by Crippen LogP contribution is 2.29. The van der Waals surface area contributed by atoms with Gasteiger partial charge in [0.05, 0.1) is 11.3 Å². The Morgan fingerprint density at radius 3 is 2.62 bits per heavy atom. The van der Waals surface area contributed by atoms with Crippen molar-refractivity contribution >= 4 is 23.5 Å². The number of nitrogens with zero attached hydrogens (tertiary/aromatic N) is 4. The fourth-order valence-corrected chi connectivity index (χ4v) is 3.48. The largest absolute Gasteiger partial charge is 0.360 e. The number of amides is 1. The predicted octanol–water partition coefficient (Wildman–Crippen LogP) is 4.10. The summed E-state index contributed by atoms with van der Waals surface area (Å²) >= 11 is 1.19. The van der Waals surface area contributed by atoms with Gasteiger partial charge in [0, 0.05) is 11.8 Å². The van der Waals surface area contributed by atoms with Crippen LogP contribution in [-0.2, 0) is 4.79 Å². The van der Waals surface area contributed by atoms with Crippen molar-refractivity contribution in [1.82, 2.24) is 19.9 Å². The summed E-state index contributed by atoms with van der Waals surface area (Å²) in [4.78, 5) is 12.2. The second-order valence-electron chi connectivity index (χ2n) is 6.12. The predicted molar refractivity (Wildman–Crippen MR) is 107 cm³/mol. The molecule has 0 fully saturated rings. The maximum absolute atomic E-state index is 14.4. The van der Waals surface area contributed by atoms with Gasteiger partial charge in [-0.2, -0.15) is 0 Å².